The smallest absolute Gasteiger partial charge is 0.0205 e. The summed E-state index contributed by atoms with van der Waals surface area (Å²) < 4.78 is 0. The van der Waals surface area contributed by atoms with Crippen molar-refractivity contribution in [2.24, 2.45) is 0 Å². The molecule has 60 valence electrons. The Morgan fingerprint density at radius 2 is 2.00 bits per heavy atom. The minimum Gasteiger partial charge on any atom is -0.312 e. The van der Waals surface area contributed by atoms with Gasteiger partial charge in [-0.05, 0) is 43.4 Å². The standard InChI is InChI=1S/C10H15N/c1-2-5-9(4-1)10-6-3-7-11-8-10/h4,6,11H,1-3,5,7-8H2. The largest absolute Gasteiger partial charge is 0.312 e. The minimum absolute atomic E-state index is 1.10. The number of hydrogen-bond donors (Lipinski definition) is 1. The van der Waals surface area contributed by atoms with E-state index < -0.39 is 0 Å². The van der Waals surface area contributed by atoms with Crippen molar-refractivity contribution in [3.8, 4) is 0 Å². The lowest BCUT2D eigenvalue weighted by Crippen LogP contribution is -2.22. The highest BCUT2D eigenvalue weighted by atomic mass is 14.9. The molecule has 0 aromatic heterocycles. The lowest BCUT2D eigenvalue weighted by Gasteiger charge is -2.14. The van der Waals surface area contributed by atoms with Crippen LogP contribution in [0.3, 0.4) is 0 Å². The maximum absolute atomic E-state index is 3.40. The van der Waals surface area contributed by atoms with E-state index in [4.69, 9.17) is 0 Å². The summed E-state index contributed by atoms with van der Waals surface area (Å²) in [5.41, 5.74) is 3.17. The van der Waals surface area contributed by atoms with Gasteiger partial charge >= 0.3 is 0 Å². The van der Waals surface area contributed by atoms with Crippen LogP contribution in [0.25, 0.3) is 0 Å². The van der Waals surface area contributed by atoms with Crippen LogP contribution in [0.2, 0.25) is 0 Å². The molecule has 0 bridgehead atoms. The van der Waals surface area contributed by atoms with E-state index in [1.807, 2.05) is 0 Å². The summed E-state index contributed by atoms with van der Waals surface area (Å²) in [5, 5.41) is 3.40. The Labute approximate surface area is 68.2 Å². The summed E-state index contributed by atoms with van der Waals surface area (Å²) in [6.45, 7) is 2.27. The Morgan fingerprint density at radius 3 is 2.64 bits per heavy atom. The zero-order valence-electron chi connectivity index (χ0n) is 6.90. The predicted molar refractivity (Wildman–Crippen MR) is 47.5 cm³/mol. The zero-order valence-corrected chi connectivity index (χ0v) is 6.90. The Bertz CT molecular complexity index is 201. The molecule has 0 saturated heterocycles. The van der Waals surface area contributed by atoms with Gasteiger partial charge in [0.05, 0.1) is 0 Å². The number of hydrogen-bond acceptors (Lipinski definition) is 1. The van der Waals surface area contributed by atoms with Crippen LogP contribution >= 0.6 is 0 Å². The van der Waals surface area contributed by atoms with Gasteiger partial charge in [0.15, 0.2) is 0 Å². The third-order valence-electron chi connectivity index (χ3n) is 2.48. The molecule has 0 fully saturated rings. The molecule has 0 radical (unpaired) electrons. The van der Waals surface area contributed by atoms with Crippen molar-refractivity contribution >= 4 is 0 Å². The van der Waals surface area contributed by atoms with Crippen molar-refractivity contribution in [3.63, 3.8) is 0 Å². The molecule has 1 nitrogen and oxygen atoms in total. The Kier molecular flexibility index (Phi) is 2.08. The van der Waals surface area contributed by atoms with Gasteiger partial charge in [0, 0.05) is 6.54 Å². The molecule has 0 unspecified atom stereocenters. The molecular formula is C10H15N. The van der Waals surface area contributed by atoms with E-state index >= 15 is 0 Å². The topological polar surface area (TPSA) is 12.0 Å². The molecule has 0 saturated carbocycles. The normalized spacial score (nSPS) is 24.7. The summed E-state index contributed by atoms with van der Waals surface area (Å²) in [7, 11) is 0. The molecule has 0 amide bonds. The van der Waals surface area contributed by atoms with Crippen molar-refractivity contribution in [3.05, 3.63) is 23.3 Å². The molecule has 1 heterocycles. The molecule has 1 N–H and O–H groups in total. The fourth-order valence-corrected chi connectivity index (χ4v) is 1.85. The van der Waals surface area contributed by atoms with Gasteiger partial charge in [-0.25, -0.2) is 0 Å². The Morgan fingerprint density at radius 1 is 1.09 bits per heavy atom. The van der Waals surface area contributed by atoms with Gasteiger partial charge in [-0.1, -0.05) is 12.2 Å². The van der Waals surface area contributed by atoms with Crippen LogP contribution in [0.5, 0.6) is 0 Å². The van der Waals surface area contributed by atoms with Gasteiger partial charge < -0.3 is 5.32 Å². The maximum Gasteiger partial charge on any atom is 0.0205 e. The summed E-state index contributed by atoms with van der Waals surface area (Å²) in [4.78, 5) is 0. The molecule has 2 aliphatic rings. The number of nitrogens with one attached hydrogen (secondary N) is 1. The average molecular weight is 149 g/mol. The quantitative estimate of drug-likeness (QED) is 0.601. The first-order valence-electron chi connectivity index (χ1n) is 4.56. The van der Waals surface area contributed by atoms with Crippen molar-refractivity contribution in [2.75, 3.05) is 13.1 Å². The van der Waals surface area contributed by atoms with Crippen LogP contribution in [0, 0.1) is 0 Å². The van der Waals surface area contributed by atoms with E-state index in [2.05, 4.69) is 17.5 Å². The first-order chi connectivity index (χ1) is 5.47. The molecule has 2 rings (SSSR count). The molecule has 0 aromatic rings. The molecule has 1 heteroatoms. The maximum atomic E-state index is 3.40. The lowest BCUT2D eigenvalue weighted by atomic mass is 10.0. The van der Waals surface area contributed by atoms with Crippen molar-refractivity contribution in [1.29, 1.82) is 0 Å². The van der Waals surface area contributed by atoms with E-state index in [0.29, 0.717) is 0 Å². The zero-order chi connectivity index (χ0) is 7.52. The van der Waals surface area contributed by atoms with Crippen molar-refractivity contribution < 1.29 is 0 Å². The van der Waals surface area contributed by atoms with Gasteiger partial charge in [0.25, 0.3) is 0 Å². The van der Waals surface area contributed by atoms with Crippen LogP contribution in [0.1, 0.15) is 25.7 Å². The molecule has 0 atom stereocenters. The van der Waals surface area contributed by atoms with Gasteiger partial charge in [-0.15, -0.1) is 0 Å². The van der Waals surface area contributed by atoms with Gasteiger partial charge in [-0.3, -0.25) is 0 Å². The van der Waals surface area contributed by atoms with Crippen LogP contribution in [0.4, 0.5) is 0 Å². The second-order valence-electron chi connectivity index (χ2n) is 3.32. The van der Waals surface area contributed by atoms with E-state index in [9.17, 15) is 0 Å². The highest BCUT2D eigenvalue weighted by Crippen LogP contribution is 2.25. The molecule has 1 aliphatic heterocycles. The Balaban J connectivity index is 2.07. The summed E-state index contributed by atoms with van der Waals surface area (Å²) in [6, 6.07) is 0. The lowest BCUT2D eigenvalue weighted by molar-refractivity contribution is 0.702. The Hall–Kier alpha value is -0.560. The first-order valence-corrected chi connectivity index (χ1v) is 4.56. The third kappa shape index (κ3) is 1.54. The molecule has 11 heavy (non-hydrogen) atoms. The summed E-state index contributed by atoms with van der Waals surface area (Å²) in [6.07, 6.45) is 9.99. The van der Waals surface area contributed by atoms with Crippen molar-refractivity contribution in [2.45, 2.75) is 25.7 Å². The summed E-state index contributed by atoms with van der Waals surface area (Å²) in [5.74, 6) is 0. The van der Waals surface area contributed by atoms with E-state index in [0.717, 1.165) is 13.1 Å². The predicted octanol–water partition coefficient (Wildman–Crippen LogP) is 2.02. The molecular weight excluding hydrogens is 134 g/mol. The molecule has 0 aromatic carbocycles. The first kappa shape index (κ1) is 7.11. The van der Waals surface area contributed by atoms with E-state index in [1.165, 1.54) is 25.7 Å². The van der Waals surface area contributed by atoms with Gasteiger partial charge in [0.2, 0.25) is 0 Å². The summed E-state index contributed by atoms with van der Waals surface area (Å²) >= 11 is 0. The van der Waals surface area contributed by atoms with Crippen LogP contribution in [0.15, 0.2) is 23.3 Å². The minimum atomic E-state index is 1.10. The van der Waals surface area contributed by atoms with Gasteiger partial charge in [0.1, 0.15) is 0 Å². The monoisotopic (exact) mass is 149 g/mol. The highest BCUT2D eigenvalue weighted by Gasteiger charge is 2.10. The fraction of sp³-hybridized carbons (Fsp3) is 0.600. The van der Waals surface area contributed by atoms with Crippen LogP contribution in [-0.2, 0) is 0 Å². The van der Waals surface area contributed by atoms with Crippen molar-refractivity contribution in [1.82, 2.24) is 5.32 Å². The van der Waals surface area contributed by atoms with Crippen LogP contribution < -0.4 is 5.32 Å². The van der Waals surface area contributed by atoms with Crippen LogP contribution in [-0.4, -0.2) is 13.1 Å². The number of rotatable bonds is 1. The second-order valence-corrected chi connectivity index (χ2v) is 3.32. The molecule has 1 aliphatic carbocycles. The third-order valence-corrected chi connectivity index (χ3v) is 2.48. The second kappa shape index (κ2) is 3.22. The van der Waals surface area contributed by atoms with E-state index in [1.54, 1.807) is 11.1 Å². The SMILES string of the molecule is C1=C(C2=CCCNC2)CCC1. The molecule has 0 spiro atoms. The van der Waals surface area contributed by atoms with E-state index in [-0.39, 0.29) is 0 Å². The highest BCUT2D eigenvalue weighted by molar-refractivity contribution is 5.35. The fourth-order valence-electron chi connectivity index (χ4n) is 1.85. The average Bonchev–Trinajstić information content (AvgIpc) is 2.58. The van der Waals surface area contributed by atoms with Gasteiger partial charge in [-0.2, -0.15) is 0 Å². The number of allylic oxidation sites excluding steroid dienone is 1.